The summed E-state index contributed by atoms with van der Waals surface area (Å²) in [4.78, 5) is 21.8. The van der Waals surface area contributed by atoms with Gasteiger partial charge < -0.3 is 10.1 Å². The summed E-state index contributed by atoms with van der Waals surface area (Å²) in [5.74, 6) is 3.78. The van der Waals surface area contributed by atoms with Gasteiger partial charge in [-0.1, -0.05) is 18.2 Å². The van der Waals surface area contributed by atoms with Gasteiger partial charge in [0.2, 0.25) is 0 Å². The van der Waals surface area contributed by atoms with Gasteiger partial charge in [0.15, 0.2) is 0 Å². The Labute approximate surface area is 201 Å². The summed E-state index contributed by atoms with van der Waals surface area (Å²) in [5.41, 5.74) is -1.14. The number of hydrogen-bond acceptors (Lipinski definition) is 6. The number of aromatic nitrogens is 3. The first-order valence-electron chi connectivity index (χ1n) is 11.1. The first-order chi connectivity index (χ1) is 16.5. The molecule has 7 nitrogen and oxygen atoms in total. The number of pyridine rings is 1. The van der Waals surface area contributed by atoms with Gasteiger partial charge >= 0.3 is 0 Å². The summed E-state index contributed by atoms with van der Waals surface area (Å²) < 4.78 is 60.8. The first-order valence-corrected chi connectivity index (χ1v) is 13.1. The molecule has 35 heavy (non-hydrogen) atoms. The van der Waals surface area contributed by atoms with E-state index in [0.29, 0.717) is 46.8 Å². The number of methoxy groups -OCH3 is 1. The minimum absolute atomic E-state index is 0.0606. The molecule has 11 heteroatoms. The zero-order chi connectivity index (χ0) is 25.5. The van der Waals surface area contributed by atoms with E-state index < -0.39 is 39.0 Å². The van der Waals surface area contributed by atoms with Gasteiger partial charge in [-0.2, -0.15) is 0 Å². The average molecular weight is 509 g/mol. The zero-order valence-corrected chi connectivity index (χ0v) is 20.5. The van der Waals surface area contributed by atoms with Crippen molar-refractivity contribution in [3.8, 4) is 0 Å². The normalized spacial score (nSPS) is 23.5. The van der Waals surface area contributed by atoms with Crippen LogP contribution < -0.4 is 10.9 Å². The minimum atomic E-state index is -2.94. The van der Waals surface area contributed by atoms with Gasteiger partial charge in [-0.3, -0.25) is 13.6 Å². The standard InChI is InChI=1S/C24H27F3N4O3S/c1-14(15-6-5-7-16(19(15)25)20(26)27)30-21-17-12-18(23(32)31(2)22(17)29-13-28-21)24(34-3)8-10-35(4,33)11-9-24/h5-7,12-14,20H,4,8-11H2,1-3H3,(H,28,29,30)/t14-,24?,35?/m1/s1. The van der Waals surface area contributed by atoms with Gasteiger partial charge in [0.25, 0.3) is 12.0 Å². The molecule has 1 aliphatic rings. The third-order valence-electron chi connectivity index (χ3n) is 6.76. The minimum Gasteiger partial charge on any atom is -0.373 e. The van der Waals surface area contributed by atoms with Crippen LogP contribution in [0.3, 0.4) is 0 Å². The maximum atomic E-state index is 14.7. The first kappa shape index (κ1) is 25.2. The third kappa shape index (κ3) is 4.54. The van der Waals surface area contributed by atoms with E-state index in [1.807, 2.05) is 0 Å². The number of aryl methyl sites for hydroxylation is 1. The molecular weight excluding hydrogens is 481 g/mol. The fraction of sp³-hybridized carbons (Fsp3) is 0.417. The Kier molecular flexibility index (Phi) is 6.67. The van der Waals surface area contributed by atoms with E-state index in [-0.39, 0.29) is 11.1 Å². The maximum absolute atomic E-state index is 14.7. The highest BCUT2D eigenvalue weighted by molar-refractivity contribution is 8.00. The second kappa shape index (κ2) is 9.27. The van der Waals surface area contributed by atoms with E-state index in [1.165, 1.54) is 30.1 Å². The molecule has 1 atom stereocenters. The number of fused-ring (bicyclic) bond motifs is 1. The quantitative estimate of drug-likeness (QED) is 0.508. The second-order valence-corrected chi connectivity index (χ2v) is 11.6. The molecule has 188 valence electrons. The summed E-state index contributed by atoms with van der Waals surface area (Å²) in [5, 5.41) is 3.57. The summed E-state index contributed by atoms with van der Waals surface area (Å²) in [6.45, 7) is 1.63. The lowest BCUT2D eigenvalue weighted by atomic mass is 9.88. The van der Waals surface area contributed by atoms with Gasteiger partial charge in [-0.05, 0) is 41.2 Å². The predicted octanol–water partition coefficient (Wildman–Crippen LogP) is 3.93. The zero-order valence-electron chi connectivity index (χ0n) is 19.7. The molecule has 1 saturated heterocycles. The molecule has 1 fully saturated rings. The van der Waals surface area contributed by atoms with Gasteiger partial charge in [-0.25, -0.2) is 23.1 Å². The van der Waals surface area contributed by atoms with Crippen LogP contribution in [0.2, 0.25) is 0 Å². The Morgan fingerprint density at radius 3 is 2.51 bits per heavy atom. The maximum Gasteiger partial charge on any atom is 0.266 e. The van der Waals surface area contributed by atoms with E-state index in [0.717, 1.165) is 6.07 Å². The Morgan fingerprint density at radius 2 is 1.89 bits per heavy atom. The van der Waals surface area contributed by atoms with E-state index in [9.17, 15) is 22.2 Å². The van der Waals surface area contributed by atoms with Crippen molar-refractivity contribution in [1.82, 2.24) is 14.5 Å². The molecule has 4 rings (SSSR count). The highest BCUT2D eigenvalue weighted by atomic mass is 32.2. The molecule has 3 aromatic rings. The SMILES string of the molecule is C=S1(=O)CCC(OC)(c2cc3c(N[C@H](C)c4cccc(C(F)F)c4F)ncnc3n(C)c2=O)CC1. The number of anilines is 1. The fourth-order valence-electron chi connectivity index (χ4n) is 4.58. The van der Waals surface area contributed by atoms with Crippen LogP contribution in [-0.2, 0) is 26.9 Å². The summed E-state index contributed by atoms with van der Waals surface area (Å²) in [7, 11) is 0.875. The topological polar surface area (TPSA) is 86.1 Å². The van der Waals surface area contributed by atoms with Crippen LogP contribution >= 0.6 is 0 Å². The average Bonchev–Trinajstić information content (AvgIpc) is 2.82. The van der Waals surface area contributed by atoms with Crippen LogP contribution in [0.25, 0.3) is 11.0 Å². The highest BCUT2D eigenvalue weighted by Crippen LogP contribution is 2.37. The van der Waals surface area contributed by atoms with Crippen molar-refractivity contribution in [3.05, 3.63) is 63.5 Å². The number of nitrogens with one attached hydrogen (secondary N) is 1. The molecule has 0 unspecified atom stereocenters. The van der Waals surface area contributed by atoms with Crippen molar-refractivity contribution in [2.75, 3.05) is 23.9 Å². The molecule has 0 amide bonds. The van der Waals surface area contributed by atoms with Crippen molar-refractivity contribution in [3.63, 3.8) is 0 Å². The lowest BCUT2D eigenvalue weighted by Crippen LogP contribution is -2.43. The van der Waals surface area contributed by atoms with Gasteiger partial charge in [0.1, 0.15) is 23.6 Å². The monoisotopic (exact) mass is 508 g/mol. The number of rotatable bonds is 6. The molecule has 3 heterocycles. The molecule has 0 aliphatic carbocycles. The van der Waals surface area contributed by atoms with Crippen LogP contribution in [-0.4, -0.2) is 43.2 Å². The molecule has 1 N–H and O–H groups in total. The summed E-state index contributed by atoms with van der Waals surface area (Å²) >= 11 is 0. The number of ether oxygens (including phenoxy) is 1. The van der Waals surface area contributed by atoms with E-state index in [2.05, 4.69) is 21.2 Å². The summed E-state index contributed by atoms with van der Waals surface area (Å²) in [6.07, 6.45) is -0.934. The highest BCUT2D eigenvalue weighted by Gasteiger charge is 2.40. The number of nitrogens with zero attached hydrogens (tertiary/aromatic N) is 3. The molecule has 0 spiro atoms. The van der Waals surface area contributed by atoms with Crippen LogP contribution in [0, 0.1) is 5.82 Å². The molecule has 0 bridgehead atoms. The molecule has 0 radical (unpaired) electrons. The Hall–Kier alpha value is -2.92. The van der Waals surface area contributed by atoms with E-state index >= 15 is 0 Å². The molecule has 2 aromatic heterocycles. The largest absolute Gasteiger partial charge is 0.373 e. The number of halogens is 3. The van der Waals surface area contributed by atoms with Crippen LogP contribution in [0.1, 0.15) is 48.9 Å². The molecular formula is C24H27F3N4O3S. The fourth-order valence-corrected chi connectivity index (χ4v) is 6.18. The Bertz CT molecular complexity index is 1430. The van der Waals surface area contributed by atoms with Gasteiger partial charge in [0.05, 0.1) is 28.2 Å². The van der Waals surface area contributed by atoms with Crippen molar-refractivity contribution < 1.29 is 22.1 Å². The lowest BCUT2D eigenvalue weighted by molar-refractivity contribution is -0.0239. The molecule has 1 aromatic carbocycles. The molecule has 0 saturated carbocycles. The summed E-state index contributed by atoms with van der Waals surface area (Å²) in [6, 6.07) is 4.80. The second-order valence-electron chi connectivity index (χ2n) is 8.87. The predicted molar refractivity (Wildman–Crippen MR) is 131 cm³/mol. The van der Waals surface area contributed by atoms with Crippen LogP contribution in [0.5, 0.6) is 0 Å². The number of alkyl halides is 2. The lowest BCUT2D eigenvalue weighted by Gasteiger charge is -2.37. The van der Waals surface area contributed by atoms with E-state index in [1.54, 1.807) is 20.0 Å². The number of benzene rings is 1. The molecule has 1 aliphatic heterocycles. The smallest absolute Gasteiger partial charge is 0.266 e. The number of hydrogen-bond donors (Lipinski definition) is 1. The van der Waals surface area contributed by atoms with E-state index in [4.69, 9.17) is 4.74 Å². The van der Waals surface area contributed by atoms with Crippen LogP contribution in [0.4, 0.5) is 19.0 Å². The van der Waals surface area contributed by atoms with Gasteiger partial charge in [0, 0.05) is 31.2 Å². The Morgan fingerprint density at radius 1 is 1.23 bits per heavy atom. The van der Waals surface area contributed by atoms with Crippen molar-refractivity contribution >= 4 is 32.2 Å². The Balaban J connectivity index is 1.81. The van der Waals surface area contributed by atoms with Crippen LogP contribution in [0.15, 0.2) is 35.4 Å². The third-order valence-corrected chi connectivity index (χ3v) is 8.65. The van der Waals surface area contributed by atoms with Gasteiger partial charge in [-0.15, -0.1) is 0 Å². The van der Waals surface area contributed by atoms with Crippen molar-refractivity contribution in [2.24, 2.45) is 7.05 Å². The van der Waals surface area contributed by atoms with Crippen molar-refractivity contribution in [2.45, 2.75) is 37.8 Å². The van der Waals surface area contributed by atoms with Crippen molar-refractivity contribution in [1.29, 1.82) is 0 Å².